The van der Waals surface area contributed by atoms with Gasteiger partial charge in [-0.3, -0.25) is 0 Å². The summed E-state index contributed by atoms with van der Waals surface area (Å²) >= 11 is 0. The zero-order valence-electron chi connectivity index (χ0n) is 14.3. The molecule has 2 aliphatic rings. The lowest BCUT2D eigenvalue weighted by Crippen LogP contribution is -2.48. The lowest BCUT2D eigenvalue weighted by atomic mass is 10.0. The SMILES string of the molecule is O=S(=O)(c1ccccc1)N1CCC(NC2Cc3ccccc3C2)CC1. The Balaban J connectivity index is 1.34. The number of hydrogen-bond donors (Lipinski definition) is 1. The fourth-order valence-corrected chi connectivity index (χ4v) is 5.51. The minimum absolute atomic E-state index is 0.396. The molecule has 0 spiro atoms. The van der Waals surface area contributed by atoms with Crippen LogP contribution in [0.4, 0.5) is 0 Å². The largest absolute Gasteiger partial charge is 0.310 e. The number of piperidine rings is 1. The van der Waals surface area contributed by atoms with Crippen molar-refractivity contribution in [1.82, 2.24) is 9.62 Å². The van der Waals surface area contributed by atoms with E-state index in [4.69, 9.17) is 0 Å². The maximum Gasteiger partial charge on any atom is 0.243 e. The van der Waals surface area contributed by atoms with Gasteiger partial charge in [0.05, 0.1) is 4.90 Å². The molecule has 1 saturated heterocycles. The Morgan fingerprint density at radius 2 is 1.36 bits per heavy atom. The standard InChI is InChI=1S/C20H24N2O2S/c23-25(24,20-8-2-1-3-9-20)22-12-10-18(11-13-22)21-19-14-16-6-4-5-7-17(16)15-19/h1-9,18-19,21H,10-15H2. The van der Waals surface area contributed by atoms with Crippen LogP contribution in [0, 0.1) is 0 Å². The topological polar surface area (TPSA) is 49.4 Å². The highest BCUT2D eigenvalue weighted by atomic mass is 32.2. The van der Waals surface area contributed by atoms with Crippen molar-refractivity contribution >= 4 is 10.0 Å². The third-order valence-electron chi connectivity index (χ3n) is 5.36. The van der Waals surface area contributed by atoms with Crippen molar-refractivity contribution < 1.29 is 8.42 Å². The molecule has 1 N–H and O–H groups in total. The molecule has 132 valence electrons. The zero-order chi connectivity index (χ0) is 17.3. The second-order valence-electron chi connectivity index (χ2n) is 7.03. The van der Waals surface area contributed by atoms with Crippen LogP contribution in [-0.2, 0) is 22.9 Å². The summed E-state index contributed by atoms with van der Waals surface area (Å²) in [7, 11) is -3.35. The Bertz CT molecular complexity index is 803. The number of sulfonamides is 1. The Morgan fingerprint density at radius 1 is 0.800 bits per heavy atom. The van der Waals surface area contributed by atoms with Gasteiger partial charge < -0.3 is 5.32 Å². The monoisotopic (exact) mass is 356 g/mol. The van der Waals surface area contributed by atoms with Crippen LogP contribution < -0.4 is 5.32 Å². The molecule has 1 aliphatic heterocycles. The molecule has 0 bridgehead atoms. The molecule has 2 aromatic carbocycles. The van der Waals surface area contributed by atoms with E-state index >= 15 is 0 Å². The molecule has 0 atom stereocenters. The van der Waals surface area contributed by atoms with Crippen LogP contribution >= 0.6 is 0 Å². The first kappa shape index (κ1) is 16.8. The number of benzene rings is 2. The van der Waals surface area contributed by atoms with Gasteiger partial charge in [0.15, 0.2) is 0 Å². The molecule has 25 heavy (non-hydrogen) atoms. The first-order chi connectivity index (χ1) is 12.1. The molecule has 0 saturated carbocycles. The average molecular weight is 356 g/mol. The van der Waals surface area contributed by atoms with E-state index in [0.29, 0.717) is 30.1 Å². The van der Waals surface area contributed by atoms with Crippen LogP contribution in [0.5, 0.6) is 0 Å². The van der Waals surface area contributed by atoms with Crippen LogP contribution in [-0.4, -0.2) is 37.9 Å². The molecular formula is C20H24N2O2S. The lowest BCUT2D eigenvalue weighted by Gasteiger charge is -2.33. The maximum absolute atomic E-state index is 12.7. The Kier molecular flexibility index (Phi) is 4.63. The van der Waals surface area contributed by atoms with Crippen LogP contribution in [0.2, 0.25) is 0 Å². The summed E-state index contributed by atoms with van der Waals surface area (Å²) in [6.07, 6.45) is 3.91. The first-order valence-electron chi connectivity index (χ1n) is 9.01. The molecule has 1 fully saturated rings. The van der Waals surface area contributed by atoms with Crippen molar-refractivity contribution in [3.8, 4) is 0 Å². The van der Waals surface area contributed by atoms with Gasteiger partial charge in [-0.15, -0.1) is 0 Å². The summed E-state index contributed by atoms with van der Waals surface area (Å²) in [4.78, 5) is 0.396. The molecular weight excluding hydrogens is 332 g/mol. The molecule has 0 aromatic heterocycles. The molecule has 1 aliphatic carbocycles. The summed E-state index contributed by atoms with van der Waals surface area (Å²) in [6, 6.07) is 18.3. The van der Waals surface area contributed by atoms with Gasteiger partial charge in [0.2, 0.25) is 10.0 Å². The van der Waals surface area contributed by atoms with E-state index < -0.39 is 10.0 Å². The summed E-state index contributed by atoms with van der Waals surface area (Å²) in [5.74, 6) is 0. The van der Waals surface area contributed by atoms with Crippen molar-refractivity contribution in [2.24, 2.45) is 0 Å². The second kappa shape index (κ2) is 6.90. The van der Waals surface area contributed by atoms with Crippen molar-refractivity contribution in [3.63, 3.8) is 0 Å². The van der Waals surface area contributed by atoms with Crippen molar-refractivity contribution in [3.05, 3.63) is 65.7 Å². The van der Waals surface area contributed by atoms with Gasteiger partial charge in [-0.1, -0.05) is 42.5 Å². The van der Waals surface area contributed by atoms with Crippen LogP contribution in [0.25, 0.3) is 0 Å². The van der Waals surface area contributed by atoms with Crippen molar-refractivity contribution in [2.75, 3.05) is 13.1 Å². The number of nitrogens with one attached hydrogen (secondary N) is 1. The van der Waals surface area contributed by atoms with Crippen molar-refractivity contribution in [2.45, 2.75) is 42.7 Å². The first-order valence-corrected chi connectivity index (χ1v) is 10.4. The van der Waals surface area contributed by atoms with Crippen LogP contribution in [0.15, 0.2) is 59.5 Å². The van der Waals surface area contributed by atoms with Gasteiger partial charge in [0.25, 0.3) is 0 Å². The van der Waals surface area contributed by atoms with E-state index in [1.807, 2.05) is 6.07 Å². The number of rotatable bonds is 4. The summed E-state index contributed by atoms with van der Waals surface area (Å²) in [5, 5.41) is 3.76. The molecule has 4 rings (SSSR count). The number of hydrogen-bond acceptors (Lipinski definition) is 3. The molecule has 0 amide bonds. The Morgan fingerprint density at radius 3 is 1.96 bits per heavy atom. The second-order valence-corrected chi connectivity index (χ2v) is 8.97. The molecule has 5 heteroatoms. The highest BCUT2D eigenvalue weighted by molar-refractivity contribution is 7.89. The average Bonchev–Trinajstić information content (AvgIpc) is 3.05. The highest BCUT2D eigenvalue weighted by Crippen LogP contribution is 2.24. The van der Waals surface area contributed by atoms with E-state index in [1.54, 1.807) is 28.6 Å². The minimum Gasteiger partial charge on any atom is -0.310 e. The summed E-state index contributed by atoms with van der Waals surface area (Å²) in [5.41, 5.74) is 2.90. The molecule has 0 radical (unpaired) electrons. The van der Waals surface area contributed by atoms with Gasteiger partial charge in [-0.2, -0.15) is 4.31 Å². The Labute approximate surface area is 149 Å². The van der Waals surface area contributed by atoms with Gasteiger partial charge >= 0.3 is 0 Å². The molecule has 0 unspecified atom stereocenters. The predicted molar refractivity (Wildman–Crippen MR) is 99.0 cm³/mol. The quantitative estimate of drug-likeness (QED) is 0.916. The normalized spacial score (nSPS) is 19.8. The van der Waals surface area contributed by atoms with Gasteiger partial charge in [-0.05, 0) is 48.9 Å². The zero-order valence-corrected chi connectivity index (χ0v) is 15.1. The van der Waals surface area contributed by atoms with E-state index in [0.717, 1.165) is 25.7 Å². The molecule has 4 nitrogen and oxygen atoms in total. The smallest absolute Gasteiger partial charge is 0.243 e. The van der Waals surface area contributed by atoms with E-state index in [-0.39, 0.29) is 0 Å². The lowest BCUT2D eigenvalue weighted by molar-refractivity contribution is 0.274. The third kappa shape index (κ3) is 3.50. The van der Waals surface area contributed by atoms with Crippen LogP contribution in [0.3, 0.4) is 0 Å². The Hall–Kier alpha value is -1.69. The fraction of sp³-hybridized carbons (Fsp3) is 0.400. The van der Waals surface area contributed by atoms with Gasteiger partial charge in [0.1, 0.15) is 0 Å². The fourth-order valence-electron chi connectivity index (χ4n) is 4.01. The predicted octanol–water partition coefficient (Wildman–Crippen LogP) is 2.60. The van der Waals surface area contributed by atoms with E-state index in [1.165, 1.54) is 11.1 Å². The van der Waals surface area contributed by atoms with E-state index in [2.05, 4.69) is 29.6 Å². The maximum atomic E-state index is 12.7. The molecule has 1 heterocycles. The highest BCUT2D eigenvalue weighted by Gasteiger charge is 2.31. The summed E-state index contributed by atoms with van der Waals surface area (Å²) < 4.78 is 27.0. The van der Waals surface area contributed by atoms with E-state index in [9.17, 15) is 8.42 Å². The third-order valence-corrected chi connectivity index (χ3v) is 7.27. The molecule has 2 aromatic rings. The van der Waals surface area contributed by atoms with Crippen LogP contribution in [0.1, 0.15) is 24.0 Å². The van der Waals surface area contributed by atoms with Gasteiger partial charge in [-0.25, -0.2) is 8.42 Å². The minimum atomic E-state index is -3.35. The summed E-state index contributed by atoms with van der Waals surface area (Å²) in [6.45, 7) is 1.18. The van der Waals surface area contributed by atoms with Crippen molar-refractivity contribution in [1.29, 1.82) is 0 Å². The van der Waals surface area contributed by atoms with Gasteiger partial charge in [0, 0.05) is 25.2 Å². The number of fused-ring (bicyclic) bond motifs is 1. The number of nitrogens with zero attached hydrogens (tertiary/aromatic N) is 1.